The number of rotatable bonds is 1. The van der Waals surface area contributed by atoms with E-state index in [-0.39, 0.29) is 11.9 Å². The molecule has 19 heavy (non-hydrogen) atoms. The van der Waals surface area contributed by atoms with Gasteiger partial charge in [0.2, 0.25) is 0 Å². The van der Waals surface area contributed by atoms with Gasteiger partial charge in [0.05, 0.1) is 16.5 Å². The Morgan fingerprint density at radius 2 is 2.21 bits per heavy atom. The van der Waals surface area contributed by atoms with E-state index in [9.17, 15) is 9.90 Å². The van der Waals surface area contributed by atoms with Crippen molar-refractivity contribution in [1.82, 2.24) is 14.5 Å². The van der Waals surface area contributed by atoms with E-state index in [1.165, 1.54) is 0 Å². The first kappa shape index (κ1) is 11.4. The van der Waals surface area contributed by atoms with Crippen molar-refractivity contribution < 1.29 is 9.90 Å². The third kappa shape index (κ3) is 1.50. The van der Waals surface area contributed by atoms with E-state index in [1.54, 1.807) is 11.1 Å². The molecule has 1 aliphatic heterocycles. The van der Waals surface area contributed by atoms with Crippen molar-refractivity contribution >= 4 is 32.9 Å². The molecule has 0 saturated heterocycles. The number of fused-ring (bicyclic) bond motifs is 3. The van der Waals surface area contributed by atoms with Gasteiger partial charge in [0.1, 0.15) is 17.4 Å². The van der Waals surface area contributed by atoms with Crippen LogP contribution < -0.4 is 0 Å². The highest BCUT2D eigenvalue weighted by Gasteiger charge is 2.42. The molecular formula is C13H12BrN3O2. The highest BCUT2D eigenvalue weighted by atomic mass is 79.9. The van der Waals surface area contributed by atoms with E-state index in [0.717, 1.165) is 28.3 Å². The number of aliphatic hydroxyl groups is 1. The third-order valence-electron chi connectivity index (χ3n) is 3.81. The Morgan fingerprint density at radius 1 is 1.42 bits per heavy atom. The smallest absolute Gasteiger partial charge is 0.274 e. The minimum atomic E-state index is -0.741. The molecule has 0 spiro atoms. The van der Waals surface area contributed by atoms with Crippen LogP contribution in [-0.4, -0.2) is 37.7 Å². The molecule has 1 amide bonds. The highest BCUT2D eigenvalue weighted by Crippen LogP contribution is 2.37. The van der Waals surface area contributed by atoms with Gasteiger partial charge in [0.15, 0.2) is 0 Å². The summed E-state index contributed by atoms with van der Waals surface area (Å²) in [5.41, 5.74) is 2.26. The van der Waals surface area contributed by atoms with Gasteiger partial charge in [-0.2, -0.15) is 0 Å². The van der Waals surface area contributed by atoms with Crippen LogP contribution >= 0.6 is 15.9 Å². The Hall–Kier alpha value is -1.40. The molecule has 1 aliphatic carbocycles. The fourth-order valence-electron chi connectivity index (χ4n) is 2.80. The van der Waals surface area contributed by atoms with Crippen LogP contribution in [0.5, 0.6) is 0 Å². The Morgan fingerprint density at radius 3 is 2.95 bits per heavy atom. The number of hydrogen-bond acceptors (Lipinski definition) is 3. The quantitative estimate of drug-likeness (QED) is 0.870. The molecule has 2 aromatic heterocycles. The van der Waals surface area contributed by atoms with E-state index >= 15 is 0 Å². The number of nitrogens with zero attached hydrogens (tertiary/aromatic N) is 3. The lowest BCUT2D eigenvalue weighted by molar-refractivity contribution is -0.0146. The first-order valence-electron chi connectivity index (χ1n) is 6.32. The van der Waals surface area contributed by atoms with Gasteiger partial charge in [-0.05, 0) is 40.9 Å². The van der Waals surface area contributed by atoms with Gasteiger partial charge in [0, 0.05) is 12.2 Å². The van der Waals surface area contributed by atoms with Crippen molar-refractivity contribution in [3.05, 3.63) is 28.5 Å². The molecule has 4 rings (SSSR count). The van der Waals surface area contributed by atoms with E-state index in [2.05, 4.69) is 20.9 Å². The second kappa shape index (κ2) is 3.80. The molecule has 2 aromatic rings. The van der Waals surface area contributed by atoms with Gasteiger partial charge >= 0.3 is 0 Å². The average molecular weight is 322 g/mol. The molecule has 2 aliphatic rings. The van der Waals surface area contributed by atoms with E-state index in [0.29, 0.717) is 12.2 Å². The Balaban J connectivity index is 1.96. The fraction of sp³-hybridized carbons (Fsp3) is 0.385. The van der Waals surface area contributed by atoms with Crippen LogP contribution in [0.25, 0.3) is 11.0 Å². The molecule has 1 fully saturated rings. The van der Waals surface area contributed by atoms with Crippen LogP contribution in [0.3, 0.4) is 0 Å². The lowest BCUT2D eigenvalue weighted by Crippen LogP contribution is -2.49. The first-order chi connectivity index (χ1) is 9.18. The number of pyridine rings is 1. The maximum Gasteiger partial charge on any atom is 0.274 e. The molecule has 98 valence electrons. The Kier molecular flexibility index (Phi) is 2.29. The highest BCUT2D eigenvalue weighted by molar-refractivity contribution is 9.10. The minimum absolute atomic E-state index is 0.105. The summed E-state index contributed by atoms with van der Waals surface area (Å²) < 4.78 is 2.59. The molecule has 5 nitrogen and oxygen atoms in total. The molecule has 1 unspecified atom stereocenters. The number of carbonyl (C=O) groups excluding carboxylic acids is 1. The molecule has 1 atom stereocenters. The van der Waals surface area contributed by atoms with Crippen molar-refractivity contribution in [3.8, 4) is 0 Å². The number of carbonyl (C=O) groups is 1. The predicted molar refractivity (Wildman–Crippen MR) is 72.6 cm³/mol. The lowest BCUT2D eigenvalue weighted by Gasteiger charge is -2.33. The first-order valence-corrected chi connectivity index (χ1v) is 7.11. The zero-order valence-electron chi connectivity index (χ0n) is 10.1. The van der Waals surface area contributed by atoms with Gasteiger partial charge in [0.25, 0.3) is 5.91 Å². The van der Waals surface area contributed by atoms with Crippen LogP contribution in [0.1, 0.15) is 23.3 Å². The fourth-order valence-corrected chi connectivity index (χ4v) is 3.49. The Bertz CT molecular complexity index is 692. The van der Waals surface area contributed by atoms with Crippen LogP contribution in [0, 0.1) is 0 Å². The summed E-state index contributed by atoms with van der Waals surface area (Å²) in [6, 6.07) is 3.96. The normalized spacial score (nSPS) is 22.9. The molecule has 1 saturated carbocycles. The van der Waals surface area contributed by atoms with Gasteiger partial charge in [-0.15, -0.1) is 0 Å². The molecule has 0 aromatic carbocycles. The summed E-state index contributed by atoms with van der Waals surface area (Å²) in [7, 11) is 0. The molecule has 0 bridgehead atoms. The van der Waals surface area contributed by atoms with Crippen molar-refractivity contribution in [2.75, 3.05) is 0 Å². The van der Waals surface area contributed by atoms with E-state index in [4.69, 9.17) is 0 Å². The number of aliphatic hydroxyl groups excluding tert-OH is 1. The second-order valence-corrected chi connectivity index (χ2v) is 5.86. The second-order valence-electron chi connectivity index (χ2n) is 5.07. The summed E-state index contributed by atoms with van der Waals surface area (Å²) >= 11 is 3.48. The zero-order valence-corrected chi connectivity index (χ0v) is 11.7. The standard InChI is InChI=1S/C13H12BrN3O2/c14-10-11-8(2-1-5-15-11)16-6-9(18)17(7-3-4-7)13(19)12(10)16/h1-2,5,7,9,18H,3-4,6H2. The minimum Gasteiger partial charge on any atom is -0.372 e. The maximum atomic E-state index is 12.6. The SMILES string of the molecule is O=C1c2c(Br)c3ncccc3n2CC(O)N1C1CC1. The number of hydrogen-bond donors (Lipinski definition) is 1. The van der Waals surface area contributed by atoms with Crippen molar-refractivity contribution in [2.24, 2.45) is 0 Å². The summed E-state index contributed by atoms with van der Waals surface area (Å²) in [6.07, 6.45) is 2.94. The van der Waals surface area contributed by atoms with Gasteiger partial charge in [-0.3, -0.25) is 9.78 Å². The molecule has 1 N–H and O–H groups in total. The summed E-state index contributed by atoms with van der Waals surface area (Å²) in [6.45, 7) is 0.408. The summed E-state index contributed by atoms with van der Waals surface area (Å²) in [4.78, 5) is 18.5. The van der Waals surface area contributed by atoms with Crippen molar-refractivity contribution in [2.45, 2.75) is 31.7 Å². The predicted octanol–water partition coefficient (Wildman–Crippen LogP) is 1.74. The lowest BCUT2D eigenvalue weighted by atomic mass is 10.2. The third-order valence-corrected chi connectivity index (χ3v) is 4.56. The average Bonchev–Trinajstić information content (AvgIpc) is 3.18. The van der Waals surface area contributed by atoms with Crippen molar-refractivity contribution in [3.63, 3.8) is 0 Å². The topological polar surface area (TPSA) is 58.4 Å². The van der Waals surface area contributed by atoms with E-state index < -0.39 is 6.23 Å². The van der Waals surface area contributed by atoms with Crippen LogP contribution in [0.2, 0.25) is 0 Å². The van der Waals surface area contributed by atoms with E-state index in [1.807, 2.05) is 16.7 Å². The van der Waals surface area contributed by atoms with Gasteiger partial charge in [-0.25, -0.2) is 0 Å². The monoisotopic (exact) mass is 321 g/mol. The molecule has 6 heteroatoms. The van der Waals surface area contributed by atoms with Crippen molar-refractivity contribution in [1.29, 1.82) is 0 Å². The molecular weight excluding hydrogens is 310 g/mol. The number of amides is 1. The van der Waals surface area contributed by atoms with Crippen LogP contribution in [0.15, 0.2) is 22.8 Å². The summed E-state index contributed by atoms with van der Waals surface area (Å²) in [5, 5.41) is 10.2. The largest absolute Gasteiger partial charge is 0.372 e. The molecule has 3 heterocycles. The molecule has 0 radical (unpaired) electrons. The van der Waals surface area contributed by atoms with Gasteiger partial charge < -0.3 is 14.6 Å². The van der Waals surface area contributed by atoms with Crippen LogP contribution in [0.4, 0.5) is 0 Å². The Labute approximate surface area is 118 Å². The number of aromatic nitrogens is 2. The zero-order chi connectivity index (χ0) is 13.1. The number of halogens is 1. The summed E-state index contributed by atoms with van der Waals surface area (Å²) in [5.74, 6) is -0.105. The van der Waals surface area contributed by atoms with Crippen LogP contribution in [-0.2, 0) is 6.54 Å². The van der Waals surface area contributed by atoms with Gasteiger partial charge in [-0.1, -0.05) is 0 Å². The maximum absolute atomic E-state index is 12.6.